The van der Waals surface area contributed by atoms with Crippen LogP contribution in [0.5, 0.6) is 0 Å². The molecule has 0 heterocycles. The number of hydrogen-bond acceptors (Lipinski definition) is 4. The maximum absolute atomic E-state index is 12.3. The summed E-state index contributed by atoms with van der Waals surface area (Å²) in [5.41, 5.74) is 6.12. The highest BCUT2D eigenvalue weighted by molar-refractivity contribution is 7.91. The molecule has 20 heavy (non-hydrogen) atoms. The Morgan fingerprint density at radius 3 is 2.55 bits per heavy atom. The lowest BCUT2D eigenvalue weighted by Gasteiger charge is -2.24. The van der Waals surface area contributed by atoms with Crippen LogP contribution in [0, 0.1) is 0 Å². The number of hydrogen-bond donors (Lipinski definition) is 1. The van der Waals surface area contributed by atoms with Crippen molar-refractivity contribution < 1.29 is 8.42 Å². The zero-order valence-corrected chi connectivity index (χ0v) is 13.8. The molecule has 0 aromatic heterocycles. The predicted octanol–water partition coefficient (Wildman–Crippen LogP) is 1.82. The van der Waals surface area contributed by atoms with Gasteiger partial charge in [-0.2, -0.15) is 0 Å². The molecular formula is C14H22N2O2S2. The van der Waals surface area contributed by atoms with Crippen LogP contribution in [0.25, 0.3) is 0 Å². The average molecular weight is 314 g/mol. The first-order valence-corrected chi connectivity index (χ1v) is 8.70. The molecule has 6 heteroatoms. The van der Waals surface area contributed by atoms with Gasteiger partial charge in [0.05, 0.1) is 10.6 Å². The van der Waals surface area contributed by atoms with Gasteiger partial charge in [0.25, 0.3) is 0 Å². The molecule has 112 valence electrons. The van der Waals surface area contributed by atoms with Crippen LogP contribution in [0.4, 0.5) is 0 Å². The smallest absolute Gasteiger partial charge is 0.179 e. The maximum atomic E-state index is 12.3. The molecule has 1 rings (SSSR count). The normalized spacial score (nSPS) is 12.1. The summed E-state index contributed by atoms with van der Waals surface area (Å²) >= 11 is 4.88. The summed E-state index contributed by atoms with van der Waals surface area (Å²) in [5.74, 6) is 0.0970. The highest BCUT2D eigenvalue weighted by Crippen LogP contribution is 2.14. The fourth-order valence-corrected chi connectivity index (χ4v) is 3.41. The zero-order chi connectivity index (χ0) is 15.3. The third-order valence-corrected chi connectivity index (χ3v) is 5.19. The number of rotatable bonds is 7. The third-order valence-electron chi connectivity index (χ3n) is 3.26. The lowest BCUT2D eigenvalue weighted by atomic mass is 10.2. The molecule has 0 atom stereocenters. The summed E-state index contributed by atoms with van der Waals surface area (Å²) in [6.07, 6.45) is 0. The van der Waals surface area contributed by atoms with E-state index in [-0.39, 0.29) is 15.6 Å². The summed E-state index contributed by atoms with van der Waals surface area (Å²) in [6.45, 7) is 7.50. The highest BCUT2D eigenvalue weighted by atomic mass is 32.2. The van der Waals surface area contributed by atoms with E-state index in [4.69, 9.17) is 18.0 Å². The monoisotopic (exact) mass is 314 g/mol. The number of nitrogens with two attached hydrogens (primary N) is 1. The predicted molar refractivity (Wildman–Crippen MR) is 86.8 cm³/mol. The summed E-state index contributed by atoms with van der Waals surface area (Å²) < 4.78 is 24.7. The molecule has 0 radical (unpaired) electrons. The van der Waals surface area contributed by atoms with Gasteiger partial charge < -0.3 is 10.6 Å². The Balaban J connectivity index is 2.89. The topological polar surface area (TPSA) is 63.4 Å². The SMILES string of the molecule is CCN(CCS(=O)(=O)c1cccc(C(N)=S)c1)C(C)C. The molecule has 1 aromatic carbocycles. The Morgan fingerprint density at radius 2 is 2.05 bits per heavy atom. The Morgan fingerprint density at radius 1 is 1.40 bits per heavy atom. The number of sulfone groups is 1. The van der Waals surface area contributed by atoms with Crippen LogP contribution in [0.15, 0.2) is 29.2 Å². The molecule has 4 nitrogen and oxygen atoms in total. The van der Waals surface area contributed by atoms with Gasteiger partial charge in [0, 0.05) is 18.2 Å². The molecule has 0 aliphatic rings. The highest BCUT2D eigenvalue weighted by Gasteiger charge is 2.17. The molecule has 0 aliphatic heterocycles. The first-order chi connectivity index (χ1) is 9.27. The fourth-order valence-electron chi connectivity index (χ4n) is 1.98. The van der Waals surface area contributed by atoms with Gasteiger partial charge in [-0.1, -0.05) is 31.3 Å². The standard InChI is InChI=1S/C14H22N2O2S2/c1-4-16(11(2)3)8-9-20(17,18)13-7-5-6-12(10-13)14(15)19/h5-7,10-11H,4,8-9H2,1-3H3,(H2,15,19). The quantitative estimate of drug-likeness (QED) is 0.778. The summed E-state index contributed by atoms with van der Waals surface area (Å²) in [4.78, 5) is 2.61. The van der Waals surface area contributed by atoms with Gasteiger partial charge in [-0.25, -0.2) is 8.42 Å². The van der Waals surface area contributed by atoms with Crippen LogP contribution in [0.3, 0.4) is 0 Å². The second kappa shape index (κ2) is 7.15. The molecule has 0 amide bonds. The van der Waals surface area contributed by atoms with Crippen LogP contribution in [-0.4, -0.2) is 43.2 Å². The lowest BCUT2D eigenvalue weighted by molar-refractivity contribution is 0.247. The van der Waals surface area contributed by atoms with Crippen molar-refractivity contribution in [3.8, 4) is 0 Å². The molecule has 0 unspecified atom stereocenters. The van der Waals surface area contributed by atoms with Gasteiger partial charge in [0.2, 0.25) is 0 Å². The van der Waals surface area contributed by atoms with Crippen LogP contribution < -0.4 is 5.73 Å². The van der Waals surface area contributed by atoms with Crippen molar-refractivity contribution in [2.24, 2.45) is 5.73 Å². The molecule has 0 spiro atoms. The van der Waals surface area contributed by atoms with Gasteiger partial charge in [-0.15, -0.1) is 0 Å². The van der Waals surface area contributed by atoms with Gasteiger partial charge in [-0.3, -0.25) is 0 Å². The van der Waals surface area contributed by atoms with E-state index in [2.05, 4.69) is 18.7 Å². The number of benzene rings is 1. The van der Waals surface area contributed by atoms with Crippen LogP contribution in [0.1, 0.15) is 26.3 Å². The minimum absolute atomic E-state index is 0.0970. The van der Waals surface area contributed by atoms with E-state index in [0.29, 0.717) is 18.2 Å². The van der Waals surface area contributed by atoms with E-state index < -0.39 is 9.84 Å². The third kappa shape index (κ3) is 4.54. The zero-order valence-electron chi connectivity index (χ0n) is 12.2. The molecular weight excluding hydrogens is 292 g/mol. The van der Waals surface area contributed by atoms with Gasteiger partial charge in [0.15, 0.2) is 9.84 Å². The molecule has 0 bridgehead atoms. The summed E-state index contributed by atoms with van der Waals surface area (Å²) in [7, 11) is -3.31. The first-order valence-electron chi connectivity index (χ1n) is 6.64. The molecule has 1 aromatic rings. The van der Waals surface area contributed by atoms with Crippen LogP contribution in [-0.2, 0) is 9.84 Å². The van der Waals surface area contributed by atoms with Crippen molar-refractivity contribution in [2.45, 2.75) is 31.7 Å². The molecule has 0 fully saturated rings. The number of nitrogens with zero attached hydrogens (tertiary/aromatic N) is 1. The van der Waals surface area contributed by atoms with E-state index in [1.54, 1.807) is 24.3 Å². The van der Waals surface area contributed by atoms with Crippen molar-refractivity contribution in [3.63, 3.8) is 0 Å². The molecule has 0 saturated carbocycles. The van der Waals surface area contributed by atoms with E-state index in [9.17, 15) is 8.42 Å². The van der Waals surface area contributed by atoms with E-state index in [0.717, 1.165) is 6.54 Å². The van der Waals surface area contributed by atoms with Crippen molar-refractivity contribution in [1.82, 2.24) is 4.90 Å². The second-order valence-corrected chi connectivity index (χ2v) is 7.48. The molecule has 0 aliphatic carbocycles. The number of thiocarbonyl (C=S) groups is 1. The summed E-state index contributed by atoms with van der Waals surface area (Å²) in [6, 6.07) is 6.85. The molecule has 0 saturated heterocycles. The average Bonchev–Trinajstić information content (AvgIpc) is 2.39. The van der Waals surface area contributed by atoms with Gasteiger partial charge in [0.1, 0.15) is 4.99 Å². The van der Waals surface area contributed by atoms with Gasteiger partial charge in [-0.05, 0) is 32.5 Å². The van der Waals surface area contributed by atoms with E-state index in [1.165, 1.54) is 0 Å². The van der Waals surface area contributed by atoms with Crippen LogP contribution in [0.2, 0.25) is 0 Å². The fraction of sp³-hybridized carbons (Fsp3) is 0.500. The Kier molecular flexibility index (Phi) is 6.10. The van der Waals surface area contributed by atoms with Gasteiger partial charge >= 0.3 is 0 Å². The first kappa shape index (κ1) is 17.1. The van der Waals surface area contributed by atoms with Crippen molar-refractivity contribution in [3.05, 3.63) is 29.8 Å². The van der Waals surface area contributed by atoms with Crippen LogP contribution >= 0.6 is 12.2 Å². The van der Waals surface area contributed by atoms with E-state index >= 15 is 0 Å². The van der Waals surface area contributed by atoms with Crippen molar-refractivity contribution >= 4 is 27.0 Å². The Hall–Kier alpha value is -0.980. The second-order valence-electron chi connectivity index (χ2n) is 4.93. The Labute approximate surface area is 126 Å². The maximum Gasteiger partial charge on any atom is 0.179 e. The van der Waals surface area contributed by atoms with Crippen molar-refractivity contribution in [2.75, 3.05) is 18.8 Å². The minimum atomic E-state index is -3.31. The van der Waals surface area contributed by atoms with E-state index in [1.807, 2.05) is 6.92 Å². The Bertz CT molecular complexity index is 568. The minimum Gasteiger partial charge on any atom is -0.389 e. The largest absolute Gasteiger partial charge is 0.389 e. The van der Waals surface area contributed by atoms with Crippen molar-refractivity contribution in [1.29, 1.82) is 0 Å². The molecule has 2 N–H and O–H groups in total. The lowest BCUT2D eigenvalue weighted by Crippen LogP contribution is -2.34. The summed E-state index contributed by atoms with van der Waals surface area (Å²) in [5, 5.41) is 0.